The van der Waals surface area contributed by atoms with Crippen molar-refractivity contribution in [2.75, 3.05) is 13.7 Å². The van der Waals surface area contributed by atoms with Gasteiger partial charge < -0.3 is 9.84 Å². The van der Waals surface area contributed by atoms with E-state index in [1.165, 1.54) is 13.5 Å². The Morgan fingerprint density at radius 3 is 2.88 bits per heavy atom. The molecule has 0 bridgehead atoms. The third kappa shape index (κ3) is 1.69. The van der Waals surface area contributed by atoms with Crippen LogP contribution in [-0.4, -0.2) is 47.8 Å². The van der Waals surface area contributed by atoms with Crippen molar-refractivity contribution in [3.63, 3.8) is 0 Å². The van der Waals surface area contributed by atoms with Gasteiger partial charge in [-0.3, -0.25) is 9.69 Å². The van der Waals surface area contributed by atoms with Gasteiger partial charge in [0.25, 0.3) is 0 Å². The molecule has 2 heterocycles. The van der Waals surface area contributed by atoms with Gasteiger partial charge in [-0.05, 0) is 38.6 Å². The number of esters is 1. The molecule has 1 N–H and O–H groups in total. The van der Waals surface area contributed by atoms with E-state index < -0.39 is 0 Å². The Morgan fingerprint density at radius 1 is 1.29 bits per heavy atom. The third-order valence-corrected chi connectivity index (χ3v) is 5.00. The Morgan fingerprint density at radius 2 is 2.12 bits per heavy atom. The van der Waals surface area contributed by atoms with Gasteiger partial charge in [0.05, 0.1) is 19.1 Å². The Hall–Kier alpha value is -0.610. The zero-order valence-corrected chi connectivity index (χ0v) is 10.3. The van der Waals surface area contributed by atoms with E-state index in [0.717, 1.165) is 32.2 Å². The van der Waals surface area contributed by atoms with Gasteiger partial charge in [-0.2, -0.15) is 0 Å². The minimum atomic E-state index is -0.227. The summed E-state index contributed by atoms with van der Waals surface area (Å²) in [7, 11) is 1.46. The molecular weight excluding hydrogens is 218 g/mol. The van der Waals surface area contributed by atoms with Crippen LogP contribution in [0.1, 0.15) is 32.1 Å². The van der Waals surface area contributed by atoms with Gasteiger partial charge in [0.1, 0.15) is 0 Å². The predicted octanol–water partition coefficient (Wildman–Crippen LogP) is 0.783. The molecule has 2 aliphatic heterocycles. The second-order valence-corrected chi connectivity index (χ2v) is 5.70. The Bertz CT molecular complexity index is 320. The highest BCUT2D eigenvalue weighted by molar-refractivity contribution is 5.72. The summed E-state index contributed by atoms with van der Waals surface area (Å²) in [6, 6.07) is 0.875. The molecule has 0 aromatic rings. The Labute approximate surface area is 102 Å². The summed E-state index contributed by atoms with van der Waals surface area (Å²) in [4.78, 5) is 14.1. The van der Waals surface area contributed by atoms with Crippen LogP contribution in [0.25, 0.3) is 0 Å². The molecule has 0 unspecified atom stereocenters. The summed E-state index contributed by atoms with van der Waals surface area (Å²) in [5.74, 6) is 0.205. The van der Waals surface area contributed by atoms with E-state index in [4.69, 9.17) is 4.74 Å². The number of hydrogen-bond acceptors (Lipinski definition) is 4. The number of carbonyl (C=O) groups excluding carboxylic acids is 1. The normalized spacial score (nSPS) is 45.4. The van der Waals surface area contributed by atoms with Crippen molar-refractivity contribution >= 4 is 5.97 Å². The molecule has 0 aromatic carbocycles. The average Bonchev–Trinajstić information content (AvgIpc) is 2.92. The molecule has 2 saturated heterocycles. The molecule has 96 valence electrons. The number of nitrogens with zero attached hydrogens (tertiary/aromatic N) is 1. The SMILES string of the molecule is COC(=O)[C@@H]1CC[C@H]2[C@@H](C1)[C@@H](O)[C@@H]1CCCN12. The van der Waals surface area contributed by atoms with Crippen molar-refractivity contribution < 1.29 is 14.6 Å². The van der Waals surface area contributed by atoms with Gasteiger partial charge in [0.2, 0.25) is 0 Å². The van der Waals surface area contributed by atoms with Crippen LogP contribution in [0, 0.1) is 11.8 Å². The molecule has 1 aliphatic carbocycles. The zero-order chi connectivity index (χ0) is 12.0. The van der Waals surface area contributed by atoms with E-state index in [2.05, 4.69) is 4.90 Å². The monoisotopic (exact) mass is 239 g/mol. The number of aliphatic hydroxyl groups excluding tert-OH is 1. The molecule has 4 heteroatoms. The van der Waals surface area contributed by atoms with E-state index in [9.17, 15) is 9.90 Å². The molecule has 0 radical (unpaired) electrons. The third-order valence-electron chi connectivity index (χ3n) is 5.00. The summed E-state index contributed by atoms with van der Waals surface area (Å²) < 4.78 is 4.83. The highest BCUT2D eigenvalue weighted by atomic mass is 16.5. The van der Waals surface area contributed by atoms with Crippen molar-refractivity contribution in [3.05, 3.63) is 0 Å². The van der Waals surface area contributed by atoms with Gasteiger partial charge in [-0.1, -0.05) is 0 Å². The molecule has 3 aliphatic rings. The van der Waals surface area contributed by atoms with Crippen molar-refractivity contribution in [2.45, 2.75) is 50.3 Å². The molecule has 0 aromatic heterocycles. The second kappa shape index (κ2) is 4.25. The van der Waals surface area contributed by atoms with Gasteiger partial charge in [0, 0.05) is 18.0 Å². The van der Waals surface area contributed by atoms with Crippen molar-refractivity contribution in [1.29, 1.82) is 0 Å². The molecule has 0 spiro atoms. The van der Waals surface area contributed by atoms with Crippen LogP contribution in [0.5, 0.6) is 0 Å². The van der Waals surface area contributed by atoms with Crippen LogP contribution in [0.3, 0.4) is 0 Å². The van der Waals surface area contributed by atoms with Gasteiger partial charge in [-0.15, -0.1) is 0 Å². The molecule has 1 saturated carbocycles. The van der Waals surface area contributed by atoms with E-state index in [-0.39, 0.29) is 23.9 Å². The summed E-state index contributed by atoms with van der Waals surface area (Å²) in [6.45, 7) is 1.13. The molecule has 4 nitrogen and oxygen atoms in total. The maximum absolute atomic E-state index is 11.6. The molecule has 5 atom stereocenters. The van der Waals surface area contributed by atoms with Crippen LogP contribution in [-0.2, 0) is 9.53 Å². The first-order valence-electron chi connectivity index (χ1n) is 6.74. The van der Waals surface area contributed by atoms with Crippen LogP contribution < -0.4 is 0 Å². The fourth-order valence-electron chi connectivity index (χ4n) is 4.23. The van der Waals surface area contributed by atoms with Crippen LogP contribution in [0.15, 0.2) is 0 Å². The zero-order valence-electron chi connectivity index (χ0n) is 10.3. The lowest BCUT2D eigenvalue weighted by Crippen LogP contribution is -2.39. The fourth-order valence-corrected chi connectivity index (χ4v) is 4.23. The summed E-state index contributed by atoms with van der Waals surface area (Å²) in [5.41, 5.74) is 0. The summed E-state index contributed by atoms with van der Waals surface area (Å²) in [5, 5.41) is 10.4. The van der Waals surface area contributed by atoms with E-state index >= 15 is 0 Å². The molecule has 0 amide bonds. The van der Waals surface area contributed by atoms with E-state index in [1.54, 1.807) is 0 Å². The van der Waals surface area contributed by atoms with Crippen LogP contribution >= 0.6 is 0 Å². The molecule has 17 heavy (non-hydrogen) atoms. The first-order valence-corrected chi connectivity index (χ1v) is 6.74. The van der Waals surface area contributed by atoms with Crippen LogP contribution in [0.4, 0.5) is 0 Å². The number of methoxy groups -OCH3 is 1. The largest absolute Gasteiger partial charge is 0.469 e. The number of rotatable bonds is 1. The first-order chi connectivity index (χ1) is 8.22. The topological polar surface area (TPSA) is 49.8 Å². The quantitative estimate of drug-likeness (QED) is 0.687. The maximum Gasteiger partial charge on any atom is 0.308 e. The molecule has 3 fully saturated rings. The van der Waals surface area contributed by atoms with Crippen molar-refractivity contribution in [2.24, 2.45) is 11.8 Å². The molecular formula is C13H21NO3. The minimum Gasteiger partial charge on any atom is -0.469 e. The van der Waals surface area contributed by atoms with Gasteiger partial charge in [0.15, 0.2) is 0 Å². The second-order valence-electron chi connectivity index (χ2n) is 5.70. The van der Waals surface area contributed by atoms with Crippen LogP contribution in [0.2, 0.25) is 0 Å². The number of aliphatic hydroxyl groups is 1. The Kier molecular flexibility index (Phi) is 2.87. The van der Waals surface area contributed by atoms with Crippen molar-refractivity contribution in [1.82, 2.24) is 4.90 Å². The lowest BCUT2D eigenvalue weighted by Gasteiger charge is -2.34. The number of carbonyl (C=O) groups is 1. The van der Waals surface area contributed by atoms with Gasteiger partial charge >= 0.3 is 5.97 Å². The van der Waals surface area contributed by atoms with Gasteiger partial charge in [-0.25, -0.2) is 0 Å². The van der Waals surface area contributed by atoms with Crippen molar-refractivity contribution in [3.8, 4) is 0 Å². The molecule has 3 rings (SSSR count). The first kappa shape index (κ1) is 11.5. The maximum atomic E-state index is 11.6. The Balaban J connectivity index is 1.73. The van der Waals surface area contributed by atoms with E-state index in [1.807, 2.05) is 0 Å². The average molecular weight is 239 g/mol. The summed E-state index contributed by atoms with van der Waals surface area (Å²) >= 11 is 0. The summed E-state index contributed by atoms with van der Waals surface area (Å²) in [6.07, 6.45) is 4.88. The highest BCUT2D eigenvalue weighted by Gasteiger charge is 2.52. The fraction of sp³-hybridized carbons (Fsp3) is 0.923. The van der Waals surface area contributed by atoms with E-state index in [0.29, 0.717) is 12.1 Å². The predicted molar refractivity (Wildman–Crippen MR) is 62.4 cm³/mol. The standard InChI is InChI=1S/C13H21NO3/c1-17-13(16)8-4-5-10-9(7-8)12(15)11-3-2-6-14(10)11/h8-12,15H,2-7H2,1H3/t8-,9-,10+,11+,12-/m1/s1. The number of ether oxygens (including phenoxy) is 1. The highest BCUT2D eigenvalue weighted by Crippen LogP contribution is 2.45. The number of hydrogen-bond donors (Lipinski definition) is 1. The number of fused-ring (bicyclic) bond motifs is 3. The minimum absolute atomic E-state index is 0.0101. The smallest absolute Gasteiger partial charge is 0.308 e. The lowest BCUT2D eigenvalue weighted by atomic mass is 9.76. The lowest BCUT2D eigenvalue weighted by molar-refractivity contribution is -0.147.